The fraction of sp³-hybridized carbons (Fsp3) is 0.267. The molecule has 0 spiro atoms. The van der Waals surface area contributed by atoms with Crippen LogP contribution >= 0.6 is 0 Å². The third-order valence-electron chi connectivity index (χ3n) is 3.37. The van der Waals surface area contributed by atoms with Crippen LogP contribution < -0.4 is 0 Å². The van der Waals surface area contributed by atoms with Crippen LogP contribution in [0.5, 0.6) is 0 Å². The van der Waals surface area contributed by atoms with Crippen LogP contribution in [0.1, 0.15) is 30.7 Å². The van der Waals surface area contributed by atoms with Crippen molar-refractivity contribution < 1.29 is 0 Å². The molecule has 0 heterocycles. The van der Waals surface area contributed by atoms with Crippen LogP contribution in [0.2, 0.25) is 0 Å². The molecule has 15 heavy (non-hydrogen) atoms. The van der Waals surface area contributed by atoms with Gasteiger partial charge in [0.1, 0.15) is 0 Å². The normalized spacial score (nSPS) is 17.3. The van der Waals surface area contributed by atoms with Crippen LogP contribution in [0.25, 0.3) is 10.8 Å². The van der Waals surface area contributed by atoms with Crippen LogP contribution in [0, 0.1) is 6.42 Å². The van der Waals surface area contributed by atoms with Gasteiger partial charge in [-0.15, -0.1) is 0 Å². The highest BCUT2D eigenvalue weighted by Gasteiger charge is 2.17. The van der Waals surface area contributed by atoms with Gasteiger partial charge in [0.2, 0.25) is 0 Å². The maximum atomic E-state index is 2.46. The number of benzene rings is 2. The van der Waals surface area contributed by atoms with Crippen molar-refractivity contribution >= 4 is 10.8 Å². The van der Waals surface area contributed by atoms with Crippen molar-refractivity contribution in [3.05, 3.63) is 54.4 Å². The molecule has 0 saturated heterocycles. The van der Waals surface area contributed by atoms with Gasteiger partial charge in [-0.2, -0.15) is 0 Å². The Balaban J connectivity index is 2.05. The summed E-state index contributed by atoms with van der Waals surface area (Å²) in [4.78, 5) is 0. The largest absolute Gasteiger partial charge is 0.0616 e. The van der Waals surface area contributed by atoms with Crippen molar-refractivity contribution in [3.63, 3.8) is 0 Å². The highest BCUT2D eigenvalue weighted by Crippen LogP contribution is 2.34. The minimum absolute atomic E-state index is 0.703. The predicted octanol–water partition coefficient (Wildman–Crippen LogP) is 4.31. The van der Waals surface area contributed by atoms with E-state index >= 15 is 0 Å². The lowest BCUT2D eigenvalue weighted by molar-refractivity contribution is 0.792. The highest BCUT2D eigenvalue weighted by molar-refractivity contribution is 5.83. The Labute approximate surface area is 90.9 Å². The van der Waals surface area contributed by atoms with E-state index in [9.17, 15) is 0 Å². The van der Waals surface area contributed by atoms with E-state index in [2.05, 4.69) is 48.9 Å². The summed E-state index contributed by atoms with van der Waals surface area (Å²) in [5.41, 5.74) is 1.49. The number of hydrogen-bond donors (Lipinski definition) is 0. The van der Waals surface area contributed by atoms with Crippen LogP contribution in [-0.4, -0.2) is 0 Å². The summed E-state index contributed by atoms with van der Waals surface area (Å²) >= 11 is 0. The Bertz CT molecular complexity index is 464. The molecule has 0 aromatic heterocycles. The minimum atomic E-state index is 0.703. The smallest absolute Gasteiger partial charge is 0.0131 e. The highest BCUT2D eigenvalue weighted by atomic mass is 14.2. The van der Waals surface area contributed by atoms with Gasteiger partial charge in [0.25, 0.3) is 0 Å². The summed E-state index contributed by atoms with van der Waals surface area (Å²) in [5.74, 6) is 0.703. The van der Waals surface area contributed by atoms with E-state index in [1.54, 1.807) is 0 Å². The molecule has 1 aliphatic carbocycles. The summed E-state index contributed by atoms with van der Waals surface area (Å²) in [6.45, 7) is 0. The maximum Gasteiger partial charge on any atom is -0.0131 e. The van der Waals surface area contributed by atoms with E-state index in [-0.39, 0.29) is 0 Å². The number of fused-ring (bicyclic) bond motifs is 1. The predicted molar refractivity (Wildman–Crippen MR) is 64.8 cm³/mol. The fourth-order valence-electron chi connectivity index (χ4n) is 2.52. The topological polar surface area (TPSA) is 0 Å². The van der Waals surface area contributed by atoms with E-state index in [1.165, 1.54) is 35.6 Å². The van der Waals surface area contributed by atoms with Gasteiger partial charge in [0, 0.05) is 0 Å². The van der Waals surface area contributed by atoms with Crippen LogP contribution in [0.3, 0.4) is 0 Å². The van der Waals surface area contributed by atoms with Gasteiger partial charge in [-0.3, -0.25) is 0 Å². The molecule has 75 valence electrons. The summed E-state index contributed by atoms with van der Waals surface area (Å²) in [5, 5.41) is 2.72. The number of hydrogen-bond acceptors (Lipinski definition) is 0. The van der Waals surface area contributed by atoms with Crippen molar-refractivity contribution in [2.45, 2.75) is 25.2 Å². The third-order valence-corrected chi connectivity index (χ3v) is 3.37. The molecular formula is C15H15. The zero-order chi connectivity index (χ0) is 10.1. The monoisotopic (exact) mass is 195 g/mol. The summed E-state index contributed by atoms with van der Waals surface area (Å²) in [6.07, 6.45) is 6.44. The van der Waals surface area contributed by atoms with Crippen LogP contribution in [-0.2, 0) is 0 Å². The lowest BCUT2D eigenvalue weighted by atomic mass is 9.95. The van der Waals surface area contributed by atoms with Gasteiger partial charge in [-0.25, -0.2) is 0 Å². The second-order valence-corrected chi connectivity index (χ2v) is 4.38. The standard InChI is InChI=1S/C15H15/c1-2-6-12(5-1)15-10-9-13-7-3-4-8-14(13)11-15/h3-5,7-12H,1-2,6H2. The summed E-state index contributed by atoms with van der Waals surface area (Å²) < 4.78 is 0. The van der Waals surface area contributed by atoms with E-state index in [0.717, 1.165) is 0 Å². The van der Waals surface area contributed by atoms with Gasteiger partial charge < -0.3 is 0 Å². The molecule has 3 rings (SSSR count). The molecule has 0 aliphatic heterocycles. The molecule has 1 atom stereocenters. The Kier molecular flexibility index (Phi) is 2.21. The average Bonchev–Trinajstić information content (AvgIpc) is 2.82. The Morgan fingerprint density at radius 2 is 1.80 bits per heavy atom. The minimum Gasteiger partial charge on any atom is -0.0616 e. The first-order chi connectivity index (χ1) is 7.43. The Hall–Kier alpha value is -1.30. The first-order valence-electron chi connectivity index (χ1n) is 5.75. The Morgan fingerprint density at radius 1 is 0.933 bits per heavy atom. The third kappa shape index (κ3) is 1.65. The van der Waals surface area contributed by atoms with Gasteiger partial charge in [-0.05, 0) is 41.5 Å². The second kappa shape index (κ2) is 3.69. The lowest BCUT2D eigenvalue weighted by Crippen LogP contribution is -1.91. The lowest BCUT2D eigenvalue weighted by Gasteiger charge is -2.09. The van der Waals surface area contributed by atoms with Crippen molar-refractivity contribution in [2.24, 2.45) is 0 Å². The summed E-state index contributed by atoms with van der Waals surface area (Å²) in [7, 11) is 0. The van der Waals surface area contributed by atoms with Gasteiger partial charge in [0.15, 0.2) is 0 Å². The molecule has 0 N–H and O–H groups in total. The Morgan fingerprint density at radius 3 is 2.60 bits per heavy atom. The fourth-order valence-corrected chi connectivity index (χ4v) is 2.52. The molecule has 0 amide bonds. The van der Waals surface area contributed by atoms with Crippen molar-refractivity contribution in [1.82, 2.24) is 0 Å². The first-order valence-corrected chi connectivity index (χ1v) is 5.75. The molecule has 0 bridgehead atoms. The molecule has 0 heteroatoms. The van der Waals surface area contributed by atoms with Gasteiger partial charge in [-0.1, -0.05) is 48.9 Å². The molecule has 2 aromatic carbocycles. The average molecular weight is 195 g/mol. The summed E-state index contributed by atoms with van der Waals surface area (Å²) in [6, 6.07) is 15.5. The van der Waals surface area contributed by atoms with Crippen molar-refractivity contribution in [1.29, 1.82) is 0 Å². The van der Waals surface area contributed by atoms with Crippen molar-refractivity contribution in [2.75, 3.05) is 0 Å². The quantitative estimate of drug-likeness (QED) is 0.636. The molecule has 1 unspecified atom stereocenters. The van der Waals surface area contributed by atoms with E-state index in [4.69, 9.17) is 0 Å². The molecule has 1 fully saturated rings. The van der Waals surface area contributed by atoms with Crippen LogP contribution in [0.4, 0.5) is 0 Å². The molecule has 1 saturated carbocycles. The van der Waals surface area contributed by atoms with Gasteiger partial charge >= 0.3 is 0 Å². The van der Waals surface area contributed by atoms with E-state index < -0.39 is 0 Å². The van der Waals surface area contributed by atoms with E-state index in [0.29, 0.717) is 5.92 Å². The molecular weight excluding hydrogens is 180 g/mol. The molecule has 0 nitrogen and oxygen atoms in total. The maximum absolute atomic E-state index is 2.46. The second-order valence-electron chi connectivity index (χ2n) is 4.38. The van der Waals surface area contributed by atoms with E-state index in [1.807, 2.05) is 0 Å². The first kappa shape index (κ1) is 8.96. The van der Waals surface area contributed by atoms with Gasteiger partial charge in [0.05, 0.1) is 0 Å². The van der Waals surface area contributed by atoms with Crippen LogP contribution in [0.15, 0.2) is 42.5 Å². The molecule has 1 aliphatic rings. The molecule has 2 aromatic rings. The van der Waals surface area contributed by atoms with Crippen molar-refractivity contribution in [3.8, 4) is 0 Å². The molecule has 1 radical (unpaired) electrons. The number of rotatable bonds is 1. The SMILES string of the molecule is [CH]1CCCC1c1ccc2ccccc2c1. The zero-order valence-corrected chi connectivity index (χ0v) is 8.82. The zero-order valence-electron chi connectivity index (χ0n) is 8.82.